The van der Waals surface area contributed by atoms with Crippen LogP contribution in [-0.4, -0.2) is 81.8 Å². The number of nitrogens with zero attached hydrogens (tertiary/aromatic N) is 5. The predicted molar refractivity (Wildman–Crippen MR) is 201 cm³/mol. The van der Waals surface area contributed by atoms with Gasteiger partial charge < -0.3 is 19.1 Å². The summed E-state index contributed by atoms with van der Waals surface area (Å²) in [5.74, 6) is -0.134. The Kier molecular flexibility index (Phi) is 12.5. The van der Waals surface area contributed by atoms with Crippen LogP contribution in [0, 0.1) is 22.7 Å². The number of carbonyl (C=O) groups excluding carboxylic acids is 4. The minimum Gasteiger partial charge on any atom is -0.497 e. The first-order valence-electron chi connectivity index (χ1n) is 17.9. The van der Waals surface area contributed by atoms with E-state index in [4.69, 9.17) is 14.2 Å². The van der Waals surface area contributed by atoms with E-state index in [9.17, 15) is 19.2 Å². The number of methoxy groups -OCH3 is 2. The molecule has 0 bridgehead atoms. The molecule has 0 saturated carbocycles. The van der Waals surface area contributed by atoms with E-state index in [0.717, 1.165) is 6.42 Å². The van der Waals surface area contributed by atoms with Gasteiger partial charge in [0.25, 0.3) is 0 Å². The highest BCUT2D eigenvalue weighted by atomic mass is 16.5. The van der Waals surface area contributed by atoms with Crippen LogP contribution >= 0.6 is 0 Å². The second kappa shape index (κ2) is 16.3. The third-order valence-corrected chi connectivity index (χ3v) is 9.16. The van der Waals surface area contributed by atoms with Crippen LogP contribution in [0.1, 0.15) is 96.1 Å². The van der Waals surface area contributed by atoms with Gasteiger partial charge in [0.2, 0.25) is 5.91 Å². The fourth-order valence-electron chi connectivity index (χ4n) is 5.73. The molecule has 2 aromatic heterocycles. The van der Waals surface area contributed by atoms with Crippen LogP contribution in [0.15, 0.2) is 36.4 Å². The molecule has 282 valence electrons. The average molecular weight is 718 g/mol. The highest BCUT2D eigenvalue weighted by Gasteiger charge is 2.28. The van der Waals surface area contributed by atoms with Crippen molar-refractivity contribution in [1.29, 1.82) is 0 Å². The Morgan fingerprint density at radius 2 is 1.17 bits per heavy atom. The van der Waals surface area contributed by atoms with E-state index in [2.05, 4.69) is 31.0 Å². The van der Waals surface area contributed by atoms with Gasteiger partial charge in [0.05, 0.1) is 31.9 Å². The SMILES string of the molecule is COc1ccc2c(C(=O)C(C)C)nn(CC(=O)OCC(C)(C)CCN(CCC(C)(C)C)C(=O)Cn3nc(C(=O)C(C)C)c4ccc(OC)cc43)c2c1. The van der Waals surface area contributed by atoms with E-state index < -0.39 is 11.4 Å². The number of hydrogen-bond acceptors (Lipinski definition) is 9. The van der Waals surface area contributed by atoms with Gasteiger partial charge in [0, 0.05) is 53.2 Å². The van der Waals surface area contributed by atoms with Crippen LogP contribution in [0.5, 0.6) is 11.5 Å². The van der Waals surface area contributed by atoms with E-state index in [1.807, 2.05) is 52.5 Å². The fraction of sp³-hybridized carbons (Fsp3) is 0.550. The van der Waals surface area contributed by atoms with Crippen molar-refractivity contribution in [2.45, 2.75) is 88.2 Å². The number of amides is 1. The third-order valence-electron chi connectivity index (χ3n) is 9.16. The molecule has 0 atom stereocenters. The Morgan fingerprint density at radius 3 is 1.62 bits per heavy atom. The van der Waals surface area contributed by atoms with Gasteiger partial charge in [-0.1, -0.05) is 62.3 Å². The van der Waals surface area contributed by atoms with Crippen LogP contribution in [0.4, 0.5) is 0 Å². The number of ketones is 2. The highest BCUT2D eigenvalue weighted by Crippen LogP contribution is 2.29. The molecule has 1 amide bonds. The topological polar surface area (TPSA) is 135 Å². The first-order valence-corrected chi connectivity index (χ1v) is 17.9. The van der Waals surface area contributed by atoms with Crippen molar-refractivity contribution in [1.82, 2.24) is 24.5 Å². The molecule has 12 nitrogen and oxygen atoms in total. The predicted octanol–water partition coefficient (Wildman–Crippen LogP) is 7.01. The highest BCUT2D eigenvalue weighted by molar-refractivity contribution is 6.08. The number of aromatic nitrogens is 4. The summed E-state index contributed by atoms with van der Waals surface area (Å²) in [6.45, 7) is 18.6. The zero-order valence-electron chi connectivity index (χ0n) is 32.7. The first-order chi connectivity index (χ1) is 24.3. The van der Waals surface area contributed by atoms with Crippen molar-refractivity contribution < 1.29 is 33.4 Å². The van der Waals surface area contributed by atoms with Gasteiger partial charge >= 0.3 is 5.97 Å². The Hall–Kier alpha value is -4.74. The lowest BCUT2D eigenvalue weighted by Crippen LogP contribution is -2.39. The van der Waals surface area contributed by atoms with Crippen molar-refractivity contribution in [2.75, 3.05) is 33.9 Å². The summed E-state index contributed by atoms with van der Waals surface area (Å²) < 4.78 is 19.7. The molecule has 0 fully saturated rings. The van der Waals surface area contributed by atoms with E-state index in [1.165, 1.54) is 4.68 Å². The third kappa shape index (κ3) is 9.77. The molecular formula is C40H55N5O7. The maximum absolute atomic E-state index is 14.0. The van der Waals surface area contributed by atoms with Gasteiger partial charge in [-0.3, -0.25) is 28.5 Å². The molecule has 0 unspecified atom stereocenters. The Bertz CT molecular complexity index is 1930. The van der Waals surface area contributed by atoms with Crippen molar-refractivity contribution >= 4 is 45.2 Å². The molecule has 0 spiro atoms. The first kappa shape index (κ1) is 40.0. The van der Waals surface area contributed by atoms with Gasteiger partial charge in [-0.05, 0) is 42.5 Å². The number of ether oxygens (including phenoxy) is 3. The molecule has 2 aromatic carbocycles. The number of hydrogen-bond donors (Lipinski definition) is 0. The lowest BCUT2D eigenvalue weighted by Gasteiger charge is -2.31. The zero-order valence-corrected chi connectivity index (χ0v) is 32.7. The van der Waals surface area contributed by atoms with E-state index in [1.54, 1.807) is 49.2 Å². The second-order valence-corrected chi connectivity index (χ2v) is 16.1. The van der Waals surface area contributed by atoms with E-state index in [-0.39, 0.29) is 54.4 Å². The summed E-state index contributed by atoms with van der Waals surface area (Å²) in [6.07, 6.45) is 1.35. The van der Waals surface area contributed by atoms with E-state index in [0.29, 0.717) is 64.2 Å². The van der Waals surface area contributed by atoms with Gasteiger partial charge in [-0.25, -0.2) is 0 Å². The van der Waals surface area contributed by atoms with Gasteiger partial charge in [0.1, 0.15) is 36.0 Å². The molecular weight excluding hydrogens is 662 g/mol. The molecule has 0 saturated heterocycles. The lowest BCUT2D eigenvalue weighted by molar-refractivity contribution is -0.148. The van der Waals surface area contributed by atoms with Gasteiger partial charge in [-0.2, -0.15) is 10.2 Å². The number of Topliss-reactive ketones (excluding diaryl/α,β-unsaturated/α-hetero) is 2. The molecule has 0 aliphatic carbocycles. The molecule has 4 rings (SSSR count). The van der Waals surface area contributed by atoms with Crippen LogP contribution in [-0.2, 0) is 27.4 Å². The molecule has 0 aliphatic rings. The molecule has 0 N–H and O–H groups in total. The van der Waals surface area contributed by atoms with Crippen molar-refractivity contribution in [3.05, 3.63) is 47.8 Å². The normalized spacial score (nSPS) is 12.2. The maximum Gasteiger partial charge on any atom is 0.327 e. The van der Waals surface area contributed by atoms with Crippen molar-refractivity contribution in [3.8, 4) is 11.5 Å². The molecule has 0 radical (unpaired) electrons. The van der Waals surface area contributed by atoms with E-state index >= 15 is 0 Å². The Balaban J connectivity index is 1.48. The Morgan fingerprint density at radius 1 is 0.712 bits per heavy atom. The number of carbonyl (C=O) groups is 4. The standard InChI is InChI=1S/C40H55N5O7/c1-25(2)37(48)35-29-14-12-27(50-10)20-31(29)44(41-35)22-33(46)43(18-16-39(5,6)7)19-17-40(8,9)24-52-34(47)23-45-32-21-28(51-11)13-15-30(32)36(42-45)38(49)26(3)4/h12-15,20-21,25-26H,16-19,22-24H2,1-11H3. The fourth-order valence-corrected chi connectivity index (χ4v) is 5.73. The smallest absolute Gasteiger partial charge is 0.327 e. The molecule has 2 heterocycles. The number of benzene rings is 2. The monoisotopic (exact) mass is 717 g/mol. The summed E-state index contributed by atoms with van der Waals surface area (Å²) in [5.41, 5.74) is 1.44. The largest absolute Gasteiger partial charge is 0.497 e. The van der Waals surface area contributed by atoms with Crippen LogP contribution in [0.2, 0.25) is 0 Å². The molecule has 12 heteroatoms. The zero-order chi connectivity index (χ0) is 38.5. The Labute approximate surface area is 306 Å². The second-order valence-electron chi connectivity index (χ2n) is 16.1. The van der Waals surface area contributed by atoms with Crippen LogP contribution in [0.25, 0.3) is 21.8 Å². The summed E-state index contributed by atoms with van der Waals surface area (Å²) in [4.78, 5) is 55.0. The quantitative estimate of drug-likeness (QED) is 0.0835. The van der Waals surface area contributed by atoms with Crippen LogP contribution in [0.3, 0.4) is 0 Å². The summed E-state index contributed by atoms with van der Waals surface area (Å²) in [5, 5.41) is 10.5. The number of fused-ring (bicyclic) bond motifs is 2. The van der Waals surface area contributed by atoms with Gasteiger partial charge in [0.15, 0.2) is 11.6 Å². The minimum atomic E-state index is -0.489. The lowest BCUT2D eigenvalue weighted by atomic mass is 9.89. The number of rotatable bonds is 17. The average Bonchev–Trinajstić information content (AvgIpc) is 3.62. The maximum atomic E-state index is 14.0. The minimum absolute atomic E-state index is 0.00741. The number of esters is 1. The summed E-state index contributed by atoms with van der Waals surface area (Å²) >= 11 is 0. The van der Waals surface area contributed by atoms with Crippen molar-refractivity contribution in [2.24, 2.45) is 22.7 Å². The molecule has 52 heavy (non-hydrogen) atoms. The molecule has 4 aromatic rings. The van der Waals surface area contributed by atoms with Crippen LogP contribution < -0.4 is 9.47 Å². The van der Waals surface area contributed by atoms with Crippen molar-refractivity contribution in [3.63, 3.8) is 0 Å². The van der Waals surface area contributed by atoms with Gasteiger partial charge in [-0.15, -0.1) is 0 Å². The summed E-state index contributed by atoms with van der Waals surface area (Å²) in [6, 6.07) is 10.7. The summed E-state index contributed by atoms with van der Waals surface area (Å²) in [7, 11) is 3.13. The molecule has 0 aliphatic heterocycles.